The molecule has 11 nitrogen and oxygen atoms in total. The van der Waals surface area contributed by atoms with Crippen LogP contribution >= 0.6 is 11.6 Å². The van der Waals surface area contributed by atoms with Crippen LogP contribution in [0.15, 0.2) is 29.3 Å². The zero-order valence-electron chi connectivity index (χ0n) is 20.9. The molecule has 0 saturated carbocycles. The number of ether oxygens (including phenoxy) is 1. The van der Waals surface area contributed by atoms with Gasteiger partial charge in [-0.15, -0.1) is 0 Å². The summed E-state index contributed by atoms with van der Waals surface area (Å²) in [5.41, 5.74) is -2.19. The maximum absolute atomic E-state index is 15.1. The van der Waals surface area contributed by atoms with Crippen molar-refractivity contribution in [2.75, 3.05) is 30.2 Å². The Hall–Kier alpha value is -3.61. The first-order valence-corrected chi connectivity index (χ1v) is 13.0. The summed E-state index contributed by atoms with van der Waals surface area (Å²) in [5, 5.41) is 8.55. The molecule has 4 rings (SSSR count). The topological polar surface area (TPSA) is 143 Å². The first-order valence-electron chi connectivity index (χ1n) is 11.2. The highest BCUT2D eigenvalue weighted by atomic mass is 35.5. The highest BCUT2D eigenvalue weighted by molar-refractivity contribution is 7.90. The van der Waals surface area contributed by atoms with Gasteiger partial charge in [0.2, 0.25) is 0 Å². The largest absolute Gasteiger partial charge is 0.490 e. The van der Waals surface area contributed by atoms with Crippen molar-refractivity contribution < 1.29 is 49.4 Å². The molecule has 3 aromatic rings. The van der Waals surface area contributed by atoms with Crippen molar-refractivity contribution in [2.24, 2.45) is 7.05 Å². The fourth-order valence-corrected chi connectivity index (χ4v) is 5.15. The lowest BCUT2D eigenvalue weighted by Crippen LogP contribution is -2.35. The maximum atomic E-state index is 15.1. The van der Waals surface area contributed by atoms with Crippen LogP contribution in [0, 0.1) is 17.5 Å². The molecule has 1 aliphatic rings. The van der Waals surface area contributed by atoms with Crippen molar-refractivity contribution in [3.8, 4) is 0 Å². The number of fused-ring (bicyclic) bond motifs is 1. The number of halogens is 7. The van der Waals surface area contributed by atoms with E-state index < -0.39 is 61.8 Å². The van der Waals surface area contributed by atoms with Gasteiger partial charge in [-0.1, -0.05) is 11.6 Å². The van der Waals surface area contributed by atoms with Crippen molar-refractivity contribution in [1.29, 1.82) is 0 Å². The van der Waals surface area contributed by atoms with Crippen LogP contribution in [0.2, 0.25) is 5.02 Å². The number of carboxylic acids is 1. The summed E-state index contributed by atoms with van der Waals surface area (Å²) in [5.74, 6) is -6.71. The summed E-state index contributed by atoms with van der Waals surface area (Å²) in [7, 11) is -1.34. The number of hydrogen-bond donors (Lipinski definition) is 3. The van der Waals surface area contributed by atoms with Crippen molar-refractivity contribution in [2.45, 2.75) is 18.7 Å². The number of rotatable bonds is 6. The van der Waals surface area contributed by atoms with E-state index in [9.17, 15) is 35.2 Å². The minimum Gasteiger partial charge on any atom is -0.475 e. The van der Waals surface area contributed by atoms with Gasteiger partial charge >= 0.3 is 22.4 Å². The number of carboxylic acid groups (broad SMARTS) is 1. The Morgan fingerprint density at radius 3 is 2.39 bits per heavy atom. The van der Waals surface area contributed by atoms with Gasteiger partial charge in [-0.3, -0.25) is 9.52 Å². The third-order valence-electron chi connectivity index (χ3n) is 5.70. The van der Waals surface area contributed by atoms with E-state index in [-0.39, 0.29) is 35.8 Å². The van der Waals surface area contributed by atoms with Gasteiger partial charge in [0.1, 0.15) is 5.39 Å². The van der Waals surface area contributed by atoms with Crippen LogP contribution in [0.5, 0.6) is 0 Å². The number of carbonyl (C=O) groups is 1. The molecule has 0 spiro atoms. The lowest BCUT2D eigenvalue weighted by molar-refractivity contribution is -0.192. The summed E-state index contributed by atoms with van der Waals surface area (Å²) in [6, 6.07) is 3.07. The quantitative estimate of drug-likeness (QED) is 0.276. The molecule has 1 atom stereocenters. The van der Waals surface area contributed by atoms with E-state index in [4.69, 9.17) is 26.2 Å². The van der Waals surface area contributed by atoms with Gasteiger partial charge in [0, 0.05) is 33.3 Å². The molecule has 19 heteroatoms. The molecule has 3 N–H and O–H groups in total. The molecule has 0 aliphatic carbocycles. The van der Waals surface area contributed by atoms with Crippen molar-refractivity contribution in [3.05, 3.63) is 57.4 Å². The molecule has 0 amide bonds. The van der Waals surface area contributed by atoms with Crippen molar-refractivity contribution in [1.82, 2.24) is 13.9 Å². The molecular formula is C22H20ClF6N5O6S. The molecular weight excluding hydrogens is 612 g/mol. The smallest absolute Gasteiger partial charge is 0.475 e. The number of anilines is 3. The predicted octanol–water partition coefficient (Wildman–Crippen LogP) is 3.76. The SMILES string of the molecule is CO[C@@H]1CCN(S(=O)(=O)Nc2cc(F)c(F)c(Nc3ccc4ncn(C)c(=O)c4c3F)c2Cl)C1.O=C(O)C(F)(F)F. The van der Waals surface area contributed by atoms with E-state index in [0.717, 1.165) is 8.87 Å². The Labute approximate surface area is 232 Å². The number of hydrogen-bond acceptors (Lipinski definition) is 7. The van der Waals surface area contributed by atoms with E-state index in [1.165, 1.54) is 32.6 Å². The van der Waals surface area contributed by atoms with Crippen molar-refractivity contribution >= 4 is 55.7 Å². The van der Waals surface area contributed by atoms with Gasteiger partial charge in [0.05, 0.1) is 40.0 Å². The zero-order chi connectivity index (χ0) is 30.9. The Bertz CT molecular complexity index is 1650. The highest BCUT2D eigenvalue weighted by Crippen LogP contribution is 2.38. The third kappa shape index (κ3) is 7.00. The van der Waals surface area contributed by atoms with E-state index in [1.807, 2.05) is 0 Å². The Balaban J connectivity index is 0.000000587. The van der Waals surface area contributed by atoms with Crippen LogP contribution in [0.3, 0.4) is 0 Å². The molecule has 0 unspecified atom stereocenters. The summed E-state index contributed by atoms with van der Waals surface area (Å²) < 4.78 is 111. The molecule has 0 bridgehead atoms. The average Bonchev–Trinajstić information content (AvgIpc) is 3.39. The fraction of sp³-hybridized carbons (Fsp3) is 0.318. The Kier molecular flexibility index (Phi) is 9.41. The summed E-state index contributed by atoms with van der Waals surface area (Å²) in [6.07, 6.45) is -3.70. The molecule has 2 heterocycles. The van der Waals surface area contributed by atoms with Gasteiger partial charge in [-0.25, -0.2) is 22.9 Å². The number of alkyl halides is 3. The average molecular weight is 632 g/mol. The number of benzene rings is 2. The van der Waals surface area contributed by atoms with Gasteiger partial charge in [-0.2, -0.15) is 25.9 Å². The lowest BCUT2D eigenvalue weighted by atomic mass is 10.2. The minimum atomic E-state index is -5.08. The number of aryl methyl sites for hydroxylation is 1. The first kappa shape index (κ1) is 31.9. The molecule has 2 aromatic carbocycles. The molecule has 1 aromatic heterocycles. The number of nitrogens with zero attached hydrogens (tertiary/aromatic N) is 3. The normalized spacial score (nSPS) is 15.9. The molecule has 1 saturated heterocycles. The Morgan fingerprint density at radius 2 is 1.83 bits per heavy atom. The third-order valence-corrected chi connectivity index (χ3v) is 7.58. The van der Waals surface area contributed by atoms with Crippen LogP contribution in [0.25, 0.3) is 10.9 Å². The minimum absolute atomic E-state index is 0.0605. The molecule has 1 aliphatic heterocycles. The first-order chi connectivity index (χ1) is 19.0. The van der Waals surface area contributed by atoms with Crippen LogP contribution in [0.1, 0.15) is 6.42 Å². The zero-order valence-corrected chi connectivity index (χ0v) is 22.5. The number of aliphatic carboxylic acids is 1. The Morgan fingerprint density at radius 1 is 1.20 bits per heavy atom. The second-order valence-corrected chi connectivity index (χ2v) is 10.5. The molecule has 1 fully saturated rings. The summed E-state index contributed by atoms with van der Waals surface area (Å²) >= 11 is 6.19. The standard InChI is InChI=1S/C20H19ClF3N5O4S.C2HF3O2/c1-28-9-25-12-3-4-13(18(24)15(12)20(28)30)26-19-16(21)14(7-11(22)17(19)23)27-34(31,32)29-6-5-10(8-29)33-2;3-2(4,5)1(6)7/h3-4,7,9-10,26-27H,5-6,8H2,1-2H3;(H,6,7)/t10-;/m1./s1. The second kappa shape index (κ2) is 12.1. The lowest BCUT2D eigenvalue weighted by Gasteiger charge is -2.20. The van der Waals surface area contributed by atoms with Crippen molar-refractivity contribution in [3.63, 3.8) is 0 Å². The maximum Gasteiger partial charge on any atom is 0.490 e. The second-order valence-electron chi connectivity index (χ2n) is 8.43. The summed E-state index contributed by atoms with van der Waals surface area (Å²) in [6.45, 7) is 0.231. The number of methoxy groups -OCH3 is 1. The van der Waals surface area contributed by atoms with E-state index >= 15 is 4.39 Å². The van der Waals surface area contributed by atoms with E-state index in [1.54, 1.807) is 0 Å². The fourth-order valence-electron chi connectivity index (χ4n) is 3.59. The highest BCUT2D eigenvalue weighted by Gasteiger charge is 2.38. The number of aromatic nitrogens is 2. The molecule has 41 heavy (non-hydrogen) atoms. The van der Waals surface area contributed by atoms with Gasteiger partial charge in [-0.05, 0) is 18.6 Å². The van der Waals surface area contributed by atoms with E-state index in [2.05, 4.69) is 15.0 Å². The van der Waals surface area contributed by atoms with Gasteiger partial charge < -0.3 is 19.7 Å². The van der Waals surface area contributed by atoms with Crippen LogP contribution in [0.4, 0.5) is 43.4 Å². The van der Waals surface area contributed by atoms with Crippen LogP contribution in [-0.2, 0) is 26.8 Å². The van der Waals surface area contributed by atoms with Crippen LogP contribution < -0.4 is 15.6 Å². The van der Waals surface area contributed by atoms with Gasteiger partial charge in [0.15, 0.2) is 17.5 Å². The van der Waals surface area contributed by atoms with Gasteiger partial charge in [0.25, 0.3) is 5.56 Å². The van der Waals surface area contributed by atoms with Crippen LogP contribution in [-0.4, -0.2) is 65.8 Å². The molecule has 0 radical (unpaired) electrons. The molecule has 224 valence electrons. The number of nitrogens with one attached hydrogen (secondary N) is 2. The predicted molar refractivity (Wildman–Crippen MR) is 135 cm³/mol. The monoisotopic (exact) mass is 631 g/mol. The summed E-state index contributed by atoms with van der Waals surface area (Å²) in [4.78, 5) is 25.2. The van der Waals surface area contributed by atoms with E-state index in [0.29, 0.717) is 12.5 Å².